The SMILES string of the molecule is CCCCCC1(C(=O)O)CCCC1O. The lowest BCUT2D eigenvalue weighted by atomic mass is 9.79. The van der Waals surface area contributed by atoms with Gasteiger partial charge in [0.25, 0.3) is 0 Å². The van der Waals surface area contributed by atoms with Gasteiger partial charge in [0.2, 0.25) is 0 Å². The van der Waals surface area contributed by atoms with Crippen molar-refractivity contribution in [3.05, 3.63) is 0 Å². The minimum Gasteiger partial charge on any atom is -0.481 e. The van der Waals surface area contributed by atoms with E-state index in [9.17, 15) is 15.0 Å². The number of aliphatic hydroxyl groups is 1. The molecule has 0 amide bonds. The van der Waals surface area contributed by atoms with E-state index in [1.165, 1.54) is 0 Å². The molecule has 1 fully saturated rings. The Morgan fingerprint density at radius 1 is 1.50 bits per heavy atom. The Balaban J connectivity index is 2.58. The number of rotatable bonds is 5. The second kappa shape index (κ2) is 4.78. The molecule has 0 heterocycles. The summed E-state index contributed by atoms with van der Waals surface area (Å²) in [6, 6.07) is 0. The molecule has 0 aromatic heterocycles. The number of carboxylic acids is 1. The molecule has 14 heavy (non-hydrogen) atoms. The fraction of sp³-hybridized carbons (Fsp3) is 0.909. The first-order valence-corrected chi connectivity index (χ1v) is 5.55. The Labute approximate surface area is 85.1 Å². The van der Waals surface area contributed by atoms with Gasteiger partial charge < -0.3 is 10.2 Å². The Hall–Kier alpha value is -0.570. The molecule has 2 unspecified atom stereocenters. The van der Waals surface area contributed by atoms with Crippen LogP contribution in [-0.2, 0) is 4.79 Å². The number of carbonyl (C=O) groups is 1. The van der Waals surface area contributed by atoms with Crippen LogP contribution in [0.15, 0.2) is 0 Å². The predicted octanol–water partition coefficient (Wildman–Crippen LogP) is 2.18. The molecular weight excluding hydrogens is 180 g/mol. The molecule has 1 aliphatic carbocycles. The molecule has 3 heteroatoms. The summed E-state index contributed by atoms with van der Waals surface area (Å²) < 4.78 is 0. The first-order valence-electron chi connectivity index (χ1n) is 5.55. The summed E-state index contributed by atoms with van der Waals surface area (Å²) in [5.41, 5.74) is -0.824. The average molecular weight is 200 g/mol. The molecule has 0 aliphatic heterocycles. The highest BCUT2D eigenvalue weighted by molar-refractivity contribution is 5.75. The summed E-state index contributed by atoms with van der Waals surface area (Å²) in [5.74, 6) is -0.807. The minimum atomic E-state index is -0.824. The van der Waals surface area contributed by atoms with Gasteiger partial charge in [-0.05, 0) is 25.7 Å². The van der Waals surface area contributed by atoms with Gasteiger partial charge in [-0.3, -0.25) is 4.79 Å². The van der Waals surface area contributed by atoms with Crippen LogP contribution in [0.3, 0.4) is 0 Å². The van der Waals surface area contributed by atoms with Crippen LogP contribution in [0.2, 0.25) is 0 Å². The van der Waals surface area contributed by atoms with E-state index < -0.39 is 17.5 Å². The predicted molar refractivity (Wildman–Crippen MR) is 54.1 cm³/mol. The van der Waals surface area contributed by atoms with Crippen molar-refractivity contribution in [3.63, 3.8) is 0 Å². The third kappa shape index (κ3) is 2.08. The smallest absolute Gasteiger partial charge is 0.312 e. The number of hydrogen-bond donors (Lipinski definition) is 2. The second-order valence-corrected chi connectivity index (χ2v) is 4.33. The van der Waals surface area contributed by atoms with Crippen molar-refractivity contribution in [2.75, 3.05) is 0 Å². The largest absolute Gasteiger partial charge is 0.481 e. The van der Waals surface area contributed by atoms with Crippen LogP contribution in [0.5, 0.6) is 0 Å². The Kier molecular flexibility index (Phi) is 3.93. The van der Waals surface area contributed by atoms with Crippen molar-refractivity contribution < 1.29 is 15.0 Å². The van der Waals surface area contributed by atoms with E-state index in [-0.39, 0.29) is 0 Å². The second-order valence-electron chi connectivity index (χ2n) is 4.33. The van der Waals surface area contributed by atoms with Crippen LogP contribution >= 0.6 is 0 Å². The first-order chi connectivity index (χ1) is 6.63. The van der Waals surface area contributed by atoms with Crippen molar-refractivity contribution in [2.45, 2.75) is 58.0 Å². The van der Waals surface area contributed by atoms with Gasteiger partial charge in [-0.1, -0.05) is 26.2 Å². The molecule has 1 saturated carbocycles. The van der Waals surface area contributed by atoms with Crippen LogP contribution < -0.4 is 0 Å². The number of hydrogen-bond acceptors (Lipinski definition) is 2. The highest BCUT2D eigenvalue weighted by Crippen LogP contribution is 2.42. The summed E-state index contributed by atoms with van der Waals surface area (Å²) in [6.45, 7) is 2.10. The summed E-state index contributed by atoms with van der Waals surface area (Å²) in [5, 5.41) is 18.9. The maximum atomic E-state index is 11.2. The van der Waals surface area contributed by atoms with Crippen molar-refractivity contribution in [2.24, 2.45) is 5.41 Å². The zero-order valence-electron chi connectivity index (χ0n) is 8.83. The van der Waals surface area contributed by atoms with Crippen LogP contribution in [0.25, 0.3) is 0 Å². The molecule has 0 saturated heterocycles. The highest BCUT2D eigenvalue weighted by Gasteiger charge is 2.47. The number of aliphatic hydroxyl groups excluding tert-OH is 1. The standard InChI is InChI=1S/C11H20O3/c1-2-3-4-7-11(10(13)14)8-5-6-9(11)12/h9,12H,2-8H2,1H3,(H,13,14). The van der Waals surface area contributed by atoms with Gasteiger partial charge in [0.1, 0.15) is 0 Å². The monoisotopic (exact) mass is 200 g/mol. The molecule has 0 aromatic carbocycles. The normalized spacial score (nSPS) is 32.0. The van der Waals surface area contributed by atoms with E-state index in [1.807, 2.05) is 0 Å². The maximum Gasteiger partial charge on any atom is 0.312 e. The minimum absolute atomic E-state index is 0.628. The highest BCUT2D eigenvalue weighted by atomic mass is 16.4. The number of unbranched alkanes of at least 4 members (excludes halogenated alkanes) is 2. The molecule has 2 N–H and O–H groups in total. The Morgan fingerprint density at radius 2 is 2.21 bits per heavy atom. The molecule has 82 valence electrons. The lowest BCUT2D eigenvalue weighted by Crippen LogP contribution is -2.38. The van der Waals surface area contributed by atoms with Gasteiger partial charge in [-0.15, -0.1) is 0 Å². The first kappa shape index (κ1) is 11.5. The third-order valence-corrected chi connectivity index (χ3v) is 3.39. The molecule has 0 radical (unpaired) electrons. The van der Waals surface area contributed by atoms with Crippen LogP contribution in [0, 0.1) is 5.41 Å². The van der Waals surface area contributed by atoms with Crippen LogP contribution in [0.1, 0.15) is 51.9 Å². The van der Waals surface area contributed by atoms with E-state index in [2.05, 4.69) is 6.92 Å². The Morgan fingerprint density at radius 3 is 2.64 bits per heavy atom. The number of carboxylic acid groups (broad SMARTS) is 1. The number of aliphatic carboxylic acids is 1. The molecule has 1 rings (SSSR count). The van der Waals surface area contributed by atoms with Gasteiger partial charge in [0, 0.05) is 0 Å². The van der Waals surface area contributed by atoms with Gasteiger partial charge in [0.05, 0.1) is 11.5 Å². The fourth-order valence-corrected chi connectivity index (χ4v) is 2.39. The van der Waals surface area contributed by atoms with Crippen molar-refractivity contribution in [1.29, 1.82) is 0 Å². The van der Waals surface area contributed by atoms with E-state index in [0.717, 1.165) is 25.7 Å². The molecular formula is C11H20O3. The molecule has 0 spiro atoms. The fourth-order valence-electron chi connectivity index (χ4n) is 2.39. The van der Waals surface area contributed by atoms with Crippen molar-refractivity contribution in [1.82, 2.24) is 0 Å². The van der Waals surface area contributed by atoms with Gasteiger partial charge in [-0.25, -0.2) is 0 Å². The molecule has 1 aliphatic rings. The zero-order valence-corrected chi connectivity index (χ0v) is 8.83. The molecule has 2 atom stereocenters. The van der Waals surface area contributed by atoms with E-state index in [1.54, 1.807) is 0 Å². The van der Waals surface area contributed by atoms with Gasteiger partial charge in [-0.2, -0.15) is 0 Å². The maximum absolute atomic E-state index is 11.2. The van der Waals surface area contributed by atoms with Crippen LogP contribution in [-0.4, -0.2) is 22.3 Å². The lowest BCUT2D eigenvalue weighted by Gasteiger charge is -2.27. The van der Waals surface area contributed by atoms with E-state index >= 15 is 0 Å². The van der Waals surface area contributed by atoms with Crippen LogP contribution in [0.4, 0.5) is 0 Å². The average Bonchev–Trinajstić information content (AvgIpc) is 2.49. The quantitative estimate of drug-likeness (QED) is 0.669. The molecule has 0 bridgehead atoms. The van der Waals surface area contributed by atoms with E-state index in [0.29, 0.717) is 19.3 Å². The topological polar surface area (TPSA) is 57.5 Å². The van der Waals surface area contributed by atoms with Gasteiger partial charge >= 0.3 is 5.97 Å². The molecule has 3 nitrogen and oxygen atoms in total. The van der Waals surface area contributed by atoms with Crippen molar-refractivity contribution in [3.8, 4) is 0 Å². The zero-order chi connectivity index (χ0) is 10.6. The van der Waals surface area contributed by atoms with E-state index in [4.69, 9.17) is 0 Å². The third-order valence-electron chi connectivity index (χ3n) is 3.39. The summed E-state index contributed by atoms with van der Waals surface area (Å²) in [7, 11) is 0. The van der Waals surface area contributed by atoms with Crippen molar-refractivity contribution >= 4 is 5.97 Å². The summed E-state index contributed by atoms with van der Waals surface area (Å²) >= 11 is 0. The lowest BCUT2D eigenvalue weighted by molar-refractivity contribution is -0.155. The summed E-state index contributed by atoms with van der Waals surface area (Å²) in [6.07, 6.45) is 5.22. The van der Waals surface area contributed by atoms with Gasteiger partial charge in [0.15, 0.2) is 0 Å². The molecule has 0 aromatic rings. The summed E-state index contributed by atoms with van der Waals surface area (Å²) in [4.78, 5) is 11.2. The Bertz CT molecular complexity index is 203.